The number of thioether (sulfide) groups is 1. The van der Waals surface area contributed by atoms with Gasteiger partial charge in [0, 0.05) is 55.8 Å². The molecule has 0 saturated carbocycles. The number of anilines is 1. The summed E-state index contributed by atoms with van der Waals surface area (Å²) in [4.78, 5) is 28.9. The van der Waals surface area contributed by atoms with E-state index in [9.17, 15) is 10.1 Å². The molecule has 9 nitrogen and oxygen atoms in total. The molecular weight excluding hydrogens is 548 g/mol. The van der Waals surface area contributed by atoms with Crippen LogP contribution in [-0.2, 0) is 28.1 Å². The van der Waals surface area contributed by atoms with Gasteiger partial charge in [0.2, 0.25) is 5.91 Å². The summed E-state index contributed by atoms with van der Waals surface area (Å²) < 4.78 is 12.4. The highest BCUT2D eigenvalue weighted by atomic mass is 32.2. The molecule has 0 aliphatic carbocycles. The molecule has 0 bridgehead atoms. The second-order valence-electron chi connectivity index (χ2n) is 11.3. The topological polar surface area (TPSA) is 94.8 Å². The monoisotopic (exact) mass is 590 g/mol. The van der Waals surface area contributed by atoms with E-state index in [2.05, 4.69) is 60.7 Å². The van der Waals surface area contributed by atoms with Crippen molar-refractivity contribution in [3.8, 4) is 12.1 Å². The third kappa shape index (κ3) is 6.43. The van der Waals surface area contributed by atoms with E-state index in [0.29, 0.717) is 38.3 Å². The van der Waals surface area contributed by atoms with E-state index in [-0.39, 0.29) is 29.7 Å². The lowest BCUT2D eigenvalue weighted by molar-refractivity contribution is -0.128. The number of nitriles is 1. The Hall–Kier alpha value is -3.13. The third-order valence-corrected chi connectivity index (χ3v) is 10.2. The molecule has 3 aliphatic rings. The molecule has 1 aromatic heterocycles. The zero-order valence-electron chi connectivity index (χ0n) is 25.0. The van der Waals surface area contributed by atoms with Crippen molar-refractivity contribution in [1.82, 2.24) is 19.8 Å². The molecule has 3 aliphatic heterocycles. The smallest absolute Gasteiger partial charge is 0.318 e. The number of fused-ring (bicyclic) bond motifs is 1. The van der Waals surface area contributed by atoms with Crippen molar-refractivity contribution >= 4 is 23.5 Å². The normalized spacial score (nSPS) is 24.2. The predicted molar refractivity (Wildman–Crippen MR) is 166 cm³/mol. The van der Waals surface area contributed by atoms with Crippen LogP contribution in [0, 0.1) is 11.3 Å². The molecule has 0 spiro atoms. The first-order valence-corrected chi connectivity index (χ1v) is 16.0. The average molecular weight is 591 g/mol. The number of ether oxygens (including phenoxy) is 2. The molecule has 4 atom stereocenters. The van der Waals surface area contributed by atoms with Gasteiger partial charge in [-0.15, -0.1) is 0 Å². The Balaban J connectivity index is 1.48. The number of aromatic nitrogens is 2. The van der Waals surface area contributed by atoms with Crippen LogP contribution >= 0.6 is 11.8 Å². The first-order valence-electron chi connectivity index (χ1n) is 15.0. The van der Waals surface area contributed by atoms with Crippen molar-refractivity contribution < 1.29 is 14.3 Å². The summed E-state index contributed by atoms with van der Waals surface area (Å²) in [5, 5.41) is 9.73. The van der Waals surface area contributed by atoms with Gasteiger partial charge < -0.3 is 24.2 Å². The average Bonchev–Trinajstić information content (AvgIpc) is 3.43. The first kappa shape index (κ1) is 30.3. The lowest BCUT2D eigenvalue weighted by Crippen LogP contribution is -2.55. The van der Waals surface area contributed by atoms with E-state index in [1.54, 1.807) is 12.0 Å². The maximum Gasteiger partial charge on any atom is 0.318 e. The fourth-order valence-corrected chi connectivity index (χ4v) is 7.88. The Morgan fingerprint density at radius 1 is 1.24 bits per heavy atom. The second-order valence-corrected chi connectivity index (χ2v) is 12.5. The molecule has 0 N–H and O–H groups in total. The van der Waals surface area contributed by atoms with Crippen LogP contribution in [0.3, 0.4) is 0 Å². The van der Waals surface area contributed by atoms with E-state index in [0.717, 1.165) is 48.6 Å². The molecule has 4 heterocycles. The van der Waals surface area contributed by atoms with Gasteiger partial charge in [-0.05, 0) is 50.1 Å². The lowest BCUT2D eigenvalue weighted by Gasteiger charge is -2.41. The van der Waals surface area contributed by atoms with Gasteiger partial charge >= 0.3 is 6.01 Å². The van der Waals surface area contributed by atoms with Crippen LogP contribution in [0.1, 0.15) is 54.7 Å². The summed E-state index contributed by atoms with van der Waals surface area (Å²) in [6, 6.07) is 11.3. The number of methoxy groups -OCH3 is 1. The summed E-state index contributed by atoms with van der Waals surface area (Å²) >= 11 is 1.91. The maximum atomic E-state index is 12.5. The zero-order chi connectivity index (χ0) is 29.6. The fourth-order valence-electron chi connectivity index (χ4n) is 6.51. The molecule has 1 aromatic carbocycles. The summed E-state index contributed by atoms with van der Waals surface area (Å²) in [5.41, 5.74) is 4.65. The molecule has 1 amide bonds. The molecule has 10 heteroatoms. The summed E-state index contributed by atoms with van der Waals surface area (Å²) in [5.74, 6) is 1.65. The SMILES string of the molecule is C=CC(=O)N1CCN(c2nc(OCC3CCCN3C)nc(C[C@H]3SCc4ccccc4C3OC)c2CC)CC1CC#N. The van der Waals surface area contributed by atoms with Crippen LogP contribution in [0.15, 0.2) is 36.9 Å². The minimum atomic E-state index is -0.239. The van der Waals surface area contributed by atoms with E-state index in [1.165, 1.54) is 23.6 Å². The number of rotatable bonds is 10. The Labute approximate surface area is 253 Å². The van der Waals surface area contributed by atoms with Crippen molar-refractivity contribution in [3.05, 3.63) is 59.3 Å². The van der Waals surface area contributed by atoms with Crippen LogP contribution in [0.4, 0.5) is 5.82 Å². The standard InChI is InChI=1S/C32H42N6O3S/c1-5-25-27(18-28-30(40-4)26-12-8-7-10-22(26)21-42-28)34-32(41-20-24-11-9-15-36(24)3)35-31(25)37-16-17-38(29(39)6-2)23(19-37)13-14-33/h6-8,10,12,23-24,28,30H,2,5,9,11,13,15-21H2,1,3-4H3/t23?,24?,28-,30?/m1/s1. The van der Waals surface area contributed by atoms with Gasteiger partial charge in [0.15, 0.2) is 0 Å². The molecule has 224 valence electrons. The number of likely N-dealkylation sites (N-methyl/N-ethyl adjacent to an activating group) is 1. The number of likely N-dealkylation sites (tertiary alicyclic amines) is 1. The van der Waals surface area contributed by atoms with Crippen LogP contribution in [0.5, 0.6) is 6.01 Å². The number of carbonyl (C=O) groups excluding carboxylic acids is 1. The van der Waals surface area contributed by atoms with Gasteiger partial charge in [0.1, 0.15) is 12.4 Å². The van der Waals surface area contributed by atoms with Crippen LogP contribution in [-0.4, -0.2) is 90.0 Å². The van der Waals surface area contributed by atoms with Gasteiger partial charge in [-0.2, -0.15) is 27.0 Å². The molecule has 2 aromatic rings. The van der Waals surface area contributed by atoms with E-state index >= 15 is 0 Å². The van der Waals surface area contributed by atoms with Crippen molar-refractivity contribution in [3.63, 3.8) is 0 Å². The van der Waals surface area contributed by atoms with Crippen LogP contribution < -0.4 is 9.64 Å². The minimum absolute atomic E-state index is 0.0342. The number of carbonyl (C=O) groups is 1. The Morgan fingerprint density at radius 3 is 2.79 bits per heavy atom. The highest BCUT2D eigenvalue weighted by Crippen LogP contribution is 2.42. The van der Waals surface area contributed by atoms with Crippen molar-refractivity contribution in [2.75, 3.05) is 51.8 Å². The molecular formula is C32H42N6O3S. The first-order chi connectivity index (χ1) is 20.5. The molecule has 2 fully saturated rings. The number of hydrogen-bond donors (Lipinski definition) is 0. The molecule has 42 heavy (non-hydrogen) atoms. The number of hydrogen-bond acceptors (Lipinski definition) is 9. The van der Waals surface area contributed by atoms with Gasteiger partial charge in [0.25, 0.3) is 0 Å². The quantitative estimate of drug-likeness (QED) is 0.378. The van der Waals surface area contributed by atoms with Gasteiger partial charge in [-0.3, -0.25) is 4.79 Å². The summed E-state index contributed by atoms with van der Waals surface area (Å²) in [6.07, 6.45) is 5.31. The van der Waals surface area contributed by atoms with Gasteiger partial charge in [0.05, 0.1) is 30.3 Å². The lowest BCUT2D eigenvalue weighted by atomic mass is 9.96. The minimum Gasteiger partial charge on any atom is -0.462 e. The van der Waals surface area contributed by atoms with Gasteiger partial charge in [-0.25, -0.2) is 0 Å². The maximum absolute atomic E-state index is 12.5. The Kier molecular flexibility index (Phi) is 10.0. The largest absolute Gasteiger partial charge is 0.462 e. The van der Waals surface area contributed by atoms with Crippen molar-refractivity contribution in [2.24, 2.45) is 0 Å². The molecule has 5 rings (SSSR count). The predicted octanol–water partition coefficient (Wildman–Crippen LogP) is 4.17. The zero-order valence-corrected chi connectivity index (χ0v) is 25.8. The number of benzene rings is 1. The van der Waals surface area contributed by atoms with E-state index < -0.39 is 0 Å². The number of piperazine rings is 1. The van der Waals surface area contributed by atoms with E-state index in [4.69, 9.17) is 19.4 Å². The highest BCUT2D eigenvalue weighted by Gasteiger charge is 2.35. The molecule has 2 saturated heterocycles. The number of nitrogens with zero attached hydrogens (tertiary/aromatic N) is 6. The van der Waals surface area contributed by atoms with E-state index in [1.807, 2.05) is 11.8 Å². The summed E-state index contributed by atoms with van der Waals surface area (Å²) in [7, 11) is 3.93. The summed E-state index contributed by atoms with van der Waals surface area (Å²) in [6.45, 7) is 9.06. The molecule has 3 unspecified atom stereocenters. The van der Waals surface area contributed by atoms with Gasteiger partial charge in [-0.1, -0.05) is 37.8 Å². The molecule has 0 radical (unpaired) electrons. The Bertz CT molecular complexity index is 1320. The van der Waals surface area contributed by atoms with Crippen LogP contribution in [0.25, 0.3) is 0 Å². The van der Waals surface area contributed by atoms with Crippen molar-refractivity contribution in [2.45, 2.75) is 68.2 Å². The fraction of sp³-hybridized carbons (Fsp3) is 0.562. The second kappa shape index (κ2) is 13.9. The van der Waals surface area contributed by atoms with Crippen LogP contribution in [0.2, 0.25) is 0 Å². The number of amides is 1. The highest BCUT2D eigenvalue weighted by molar-refractivity contribution is 7.99. The third-order valence-electron chi connectivity index (χ3n) is 8.85. The Morgan fingerprint density at radius 2 is 2.07 bits per heavy atom. The van der Waals surface area contributed by atoms with Crippen molar-refractivity contribution in [1.29, 1.82) is 5.26 Å².